The summed E-state index contributed by atoms with van der Waals surface area (Å²) >= 11 is 0. The molecule has 0 aromatic heterocycles. The van der Waals surface area contributed by atoms with Crippen molar-refractivity contribution >= 4 is 17.5 Å². The lowest BCUT2D eigenvalue weighted by Gasteiger charge is -2.26. The second-order valence-corrected chi connectivity index (χ2v) is 5.72. The van der Waals surface area contributed by atoms with E-state index in [2.05, 4.69) is 5.32 Å². The van der Waals surface area contributed by atoms with Gasteiger partial charge in [0, 0.05) is 13.6 Å². The minimum Gasteiger partial charge on any atom is -0.478 e. The molecule has 0 saturated carbocycles. The molecule has 2 amide bonds. The molecule has 24 heavy (non-hydrogen) atoms. The molecular formula is C18H17FN2O3. The lowest BCUT2D eigenvalue weighted by molar-refractivity contribution is -0.122. The van der Waals surface area contributed by atoms with E-state index in [1.54, 1.807) is 44.3 Å². The monoisotopic (exact) mass is 328 g/mol. The van der Waals surface area contributed by atoms with E-state index >= 15 is 0 Å². The van der Waals surface area contributed by atoms with Gasteiger partial charge in [-0.25, -0.2) is 4.39 Å². The second-order valence-electron chi connectivity index (χ2n) is 5.72. The zero-order valence-electron chi connectivity index (χ0n) is 13.4. The minimum absolute atomic E-state index is 0.250. The van der Waals surface area contributed by atoms with Crippen molar-refractivity contribution in [1.29, 1.82) is 0 Å². The largest absolute Gasteiger partial charge is 0.478 e. The summed E-state index contributed by atoms with van der Waals surface area (Å²) in [5.41, 5.74) is 1.53. The molecule has 5 nitrogen and oxygen atoms in total. The normalized spacial score (nSPS) is 16.0. The number of rotatable bonds is 3. The number of nitrogens with zero attached hydrogens (tertiary/aromatic N) is 1. The van der Waals surface area contributed by atoms with Gasteiger partial charge in [-0.05, 0) is 36.8 Å². The van der Waals surface area contributed by atoms with Crippen LogP contribution in [0.5, 0.6) is 5.75 Å². The van der Waals surface area contributed by atoms with Crippen LogP contribution in [0.15, 0.2) is 42.5 Å². The Hall–Kier alpha value is -2.89. The van der Waals surface area contributed by atoms with Gasteiger partial charge < -0.3 is 15.0 Å². The summed E-state index contributed by atoms with van der Waals surface area (Å²) in [5, 5.41) is 2.72. The van der Waals surface area contributed by atoms with Crippen LogP contribution in [0.25, 0.3) is 0 Å². The summed E-state index contributed by atoms with van der Waals surface area (Å²) < 4.78 is 18.9. The second kappa shape index (κ2) is 6.31. The number of anilines is 1. The van der Waals surface area contributed by atoms with Crippen molar-refractivity contribution < 1.29 is 18.7 Å². The predicted octanol–water partition coefficient (Wildman–Crippen LogP) is 2.82. The Morgan fingerprint density at radius 3 is 2.79 bits per heavy atom. The molecule has 0 saturated heterocycles. The van der Waals surface area contributed by atoms with Crippen molar-refractivity contribution in [3.05, 3.63) is 59.4 Å². The molecule has 2 aromatic rings. The first-order valence-electron chi connectivity index (χ1n) is 7.56. The van der Waals surface area contributed by atoms with E-state index in [1.165, 1.54) is 17.0 Å². The third kappa shape index (κ3) is 3.08. The number of para-hydroxylation sites is 1. The fourth-order valence-corrected chi connectivity index (χ4v) is 2.58. The van der Waals surface area contributed by atoms with Crippen LogP contribution in [0, 0.1) is 5.82 Å². The molecule has 0 radical (unpaired) electrons. The molecule has 0 fully saturated rings. The Balaban J connectivity index is 1.85. The quantitative estimate of drug-likeness (QED) is 0.942. The first kappa shape index (κ1) is 16.0. The average Bonchev–Trinajstić information content (AvgIpc) is 2.55. The van der Waals surface area contributed by atoms with Crippen LogP contribution in [0.4, 0.5) is 10.1 Å². The van der Waals surface area contributed by atoms with Gasteiger partial charge in [0.05, 0.1) is 11.3 Å². The minimum atomic E-state index is -0.667. The summed E-state index contributed by atoms with van der Waals surface area (Å²) in [6, 6.07) is 11.1. The van der Waals surface area contributed by atoms with E-state index in [0.717, 1.165) is 0 Å². The molecular weight excluding hydrogens is 311 g/mol. The lowest BCUT2D eigenvalue weighted by Crippen LogP contribution is -2.36. The Kier molecular flexibility index (Phi) is 4.20. The Morgan fingerprint density at radius 1 is 1.29 bits per heavy atom. The van der Waals surface area contributed by atoms with Gasteiger partial charge in [0.25, 0.3) is 11.8 Å². The van der Waals surface area contributed by atoms with Crippen LogP contribution in [-0.4, -0.2) is 29.9 Å². The molecule has 1 aliphatic heterocycles. The number of carbonyl (C=O) groups excluding carboxylic acids is 2. The van der Waals surface area contributed by atoms with Crippen molar-refractivity contribution in [3.8, 4) is 5.75 Å². The third-order valence-electron chi connectivity index (χ3n) is 3.82. The number of nitrogens with one attached hydrogen (secondary N) is 1. The van der Waals surface area contributed by atoms with Crippen molar-refractivity contribution in [2.75, 3.05) is 12.4 Å². The molecule has 0 aliphatic carbocycles. The molecule has 2 aromatic carbocycles. The molecule has 1 aliphatic rings. The summed E-state index contributed by atoms with van der Waals surface area (Å²) in [7, 11) is 1.64. The molecule has 0 spiro atoms. The van der Waals surface area contributed by atoms with E-state index in [-0.39, 0.29) is 24.2 Å². The highest BCUT2D eigenvalue weighted by Gasteiger charge is 2.28. The summed E-state index contributed by atoms with van der Waals surface area (Å²) in [6.07, 6.45) is -0.667. The molecule has 6 heteroatoms. The van der Waals surface area contributed by atoms with E-state index in [9.17, 15) is 14.0 Å². The van der Waals surface area contributed by atoms with Gasteiger partial charge >= 0.3 is 0 Å². The smallest absolute Gasteiger partial charge is 0.265 e. The van der Waals surface area contributed by atoms with Crippen LogP contribution in [0.2, 0.25) is 0 Å². The van der Waals surface area contributed by atoms with E-state index in [0.29, 0.717) is 22.6 Å². The maximum atomic E-state index is 13.3. The fourth-order valence-electron chi connectivity index (χ4n) is 2.58. The standard InChI is InChI=1S/C18H17FN2O3/c1-11-17(22)20-15-8-4-7-14(16(15)24-11)18(23)21(2)10-12-5-3-6-13(19)9-12/h3-9,11H,10H2,1-2H3,(H,20,22). The van der Waals surface area contributed by atoms with E-state index in [4.69, 9.17) is 4.74 Å². The molecule has 1 atom stereocenters. The Bertz CT molecular complexity index is 807. The topological polar surface area (TPSA) is 58.6 Å². The van der Waals surface area contributed by atoms with Crippen LogP contribution in [-0.2, 0) is 11.3 Å². The van der Waals surface area contributed by atoms with Gasteiger partial charge in [-0.3, -0.25) is 9.59 Å². The van der Waals surface area contributed by atoms with Crippen LogP contribution in [0.3, 0.4) is 0 Å². The van der Waals surface area contributed by atoms with Crippen molar-refractivity contribution in [2.45, 2.75) is 19.6 Å². The molecule has 124 valence electrons. The van der Waals surface area contributed by atoms with Crippen molar-refractivity contribution in [1.82, 2.24) is 4.90 Å². The number of ether oxygens (including phenoxy) is 1. The average molecular weight is 328 g/mol. The molecule has 0 bridgehead atoms. The van der Waals surface area contributed by atoms with E-state index in [1.807, 2.05) is 0 Å². The highest BCUT2D eigenvalue weighted by Crippen LogP contribution is 2.34. The lowest BCUT2D eigenvalue weighted by atomic mass is 10.1. The van der Waals surface area contributed by atoms with Crippen LogP contribution >= 0.6 is 0 Å². The number of fused-ring (bicyclic) bond motifs is 1. The summed E-state index contributed by atoms with van der Waals surface area (Å²) in [4.78, 5) is 25.9. The van der Waals surface area contributed by atoms with Gasteiger partial charge in [-0.2, -0.15) is 0 Å². The SMILES string of the molecule is CC1Oc2c(cccc2C(=O)N(C)Cc2cccc(F)c2)NC1=O. The maximum Gasteiger partial charge on any atom is 0.265 e. The van der Waals surface area contributed by atoms with Crippen molar-refractivity contribution in [3.63, 3.8) is 0 Å². The number of benzene rings is 2. The third-order valence-corrected chi connectivity index (χ3v) is 3.82. The van der Waals surface area contributed by atoms with Crippen molar-refractivity contribution in [2.24, 2.45) is 0 Å². The number of amides is 2. The Labute approximate surface area is 139 Å². The van der Waals surface area contributed by atoms with E-state index < -0.39 is 6.10 Å². The predicted molar refractivity (Wildman–Crippen MR) is 87.4 cm³/mol. The highest BCUT2D eigenvalue weighted by molar-refractivity contribution is 6.03. The van der Waals surface area contributed by atoms with Crippen LogP contribution in [0.1, 0.15) is 22.8 Å². The Morgan fingerprint density at radius 2 is 2.04 bits per heavy atom. The summed E-state index contributed by atoms with van der Waals surface area (Å²) in [5.74, 6) is -0.495. The first-order valence-corrected chi connectivity index (χ1v) is 7.56. The van der Waals surface area contributed by atoms with Gasteiger partial charge in [0.2, 0.25) is 0 Å². The zero-order valence-corrected chi connectivity index (χ0v) is 13.4. The molecule has 1 unspecified atom stereocenters. The van der Waals surface area contributed by atoms with Gasteiger partial charge in [-0.1, -0.05) is 18.2 Å². The van der Waals surface area contributed by atoms with Gasteiger partial charge in [0.15, 0.2) is 11.9 Å². The fraction of sp³-hybridized carbons (Fsp3) is 0.222. The number of hydrogen-bond donors (Lipinski definition) is 1. The number of halogens is 1. The number of hydrogen-bond acceptors (Lipinski definition) is 3. The van der Waals surface area contributed by atoms with Gasteiger partial charge in [-0.15, -0.1) is 0 Å². The first-order chi connectivity index (χ1) is 11.5. The molecule has 1 heterocycles. The number of carbonyl (C=O) groups is 2. The zero-order chi connectivity index (χ0) is 17.3. The van der Waals surface area contributed by atoms with Gasteiger partial charge in [0.1, 0.15) is 5.82 Å². The van der Waals surface area contributed by atoms with Crippen LogP contribution < -0.4 is 10.1 Å². The molecule has 3 rings (SSSR count). The highest BCUT2D eigenvalue weighted by atomic mass is 19.1. The maximum absolute atomic E-state index is 13.3. The summed E-state index contributed by atoms with van der Waals surface area (Å²) in [6.45, 7) is 1.89. The molecule has 1 N–H and O–H groups in total.